The third kappa shape index (κ3) is 3.98. The van der Waals surface area contributed by atoms with Crippen LogP contribution in [0.3, 0.4) is 0 Å². The number of hydrogen-bond donors (Lipinski definition) is 1. The Kier molecular flexibility index (Phi) is 6.06. The van der Waals surface area contributed by atoms with Crippen LogP contribution in [0.2, 0.25) is 0 Å². The number of carbonyl (C=O) groups excluding carboxylic acids is 1. The second-order valence-electron chi connectivity index (χ2n) is 6.63. The lowest BCUT2D eigenvalue weighted by atomic mass is 9.78. The standard InChI is InChI=1S/C17H32N2O2/c1-4-6-12-19(14-9-10-14)15-8-7-11-17(13-15,18-3)16(20)21-5-2/h14-15,18H,4-13H2,1-3H3. The third-order valence-electron chi connectivity index (χ3n) is 5.12. The summed E-state index contributed by atoms with van der Waals surface area (Å²) < 4.78 is 5.34. The minimum atomic E-state index is -0.460. The van der Waals surface area contributed by atoms with E-state index in [1.165, 1.54) is 38.6 Å². The highest BCUT2D eigenvalue weighted by atomic mass is 16.5. The van der Waals surface area contributed by atoms with Gasteiger partial charge in [0.25, 0.3) is 0 Å². The number of rotatable bonds is 8. The molecule has 0 radical (unpaired) electrons. The van der Waals surface area contributed by atoms with Gasteiger partial charge in [0, 0.05) is 12.1 Å². The SMILES string of the molecule is CCCCN(C1CC1)C1CCCC(NC)(C(=O)OCC)C1. The van der Waals surface area contributed by atoms with E-state index in [1.54, 1.807) is 0 Å². The molecule has 2 aliphatic carbocycles. The van der Waals surface area contributed by atoms with Crippen molar-refractivity contribution in [3.8, 4) is 0 Å². The number of esters is 1. The van der Waals surface area contributed by atoms with Gasteiger partial charge in [-0.15, -0.1) is 0 Å². The van der Waals surface area contributed by atoms with E-state index < -0.39 is 5.54 Å². The summed E-state index contributed by atoms with van der Waals surface area (Å²) in [5, 5.41) is 3.30. The predicted molar refractivity (Wildman–Crippen MR) is 85.3 cm³/mol. The normalized spacial score (nSPS) is 29.6. The van der Waals surface area contributed by atoms with Gasteiger partial charge >= 0.3 is 5.97 Å². The molecular weight excluding hydrogens is 264 g/mol. The van der Waals surface area contributed by atoms with E-state index >= 15 is 0 Å². The van der Waals surface area contributed by atoms with Crippen LogP contribution in [0.15, 0.2) is 0 Å². The molecule has 0 amide bonds. The number of nitrogens with one attached hydrogen (secondary N) is 1. The summed E-state index contributed by atoms with van der Waals surface area (Å²) in [7, 11) is 1.91. The van der Waals surface area contributed by atoms with Gasteiger partial charge in [0.15, 0.2) is 0 Å². The maximum Gasteiger partial charge on any atom is 0.326 e. The second kappa shape index (κ2) is 7.59. The molecule has 0 spiro atoms. The van der Waals surface area contributed by atoms with Crippen molar-refractivity contribution in [2.24, 2.45) is 0 Å². The van der Waals surface area contributed by atoms with E-state index in [9.17, 15) is 4.79 Å². The smallest absolute Gasteiger partial charge is 0.326 e. The molecule has 2 fully saturated rings. The molecule has 1 N–H and O–H groups in total. The molecule has 2 aliphatic rings. The van der Waals surface area contributed by atoms with Gasteiger partial charge in [-0.25, -0.2) is 0 Å². The summed E-state index contributed by atoms with van der Waals surface area (Å²) in [6.07, 6.45) is 9.33. The van der Waals surface area contributed by atoms with Crippen molar-refractivity contribution in [1.82, 2.24) is 10.2 Å². The predicted octanol–water partition coefficient (Wildman–Crippen LogP) is 2.71. The van der Waals surface area contributed by atoms with Crippen molar-refractivity contribution in [2.45, 2.75) is 82.8 Å². The molecule has 0 aromatic rings. The lowest BCUT2D eigenvalue weighted by Gasteiger charge is -2.43. The van der Waals surface area contributed by atoms with Crippen molar-refractivity contribution >= 4 is 5.97 Å². The zero-order valence-electron chi connectivity index (χ0n) is 14.0. The number of likely N-dealkylation sites (N-methyl/N-ethyl adjacent to an activating group) is 1. The Morgan fingerprint density at radius 2 is 2.05 bits per heavy atom. The quantitative estimate of drug-likeness (QED) is 0.699. The van der Waals surface area contributed by atoms with Crippen molar-refractivity contribution in [3.63, 3.8) is 0 Å². The third-order valence-corrected chi connectivity index (χ3v) is 5.12. The number of hydrogen-bond acceptors (Lipinski definition) is 4. The van der Waals surface area contributed by atoms with Crippen molar-refractivity contribution in [1.29, 1.82) is 0 Å². The van der Waals surface area contributed by atoms with Gasteiger partial charge in [0.05, 0.1) is 6.61 Å². The van der Waals surface area contributed by atoms with E-state index in [-0.39, 0.29) is 5.97 Å². The summed E-state index contributed by atoms with van der Waals surface area (Å²) >= 11 is 0. The molecule has 0 aromatic carbocycles. The van der Waals surface area contributed by atoms with Crippen LogP contribution >= 0.6 is 0 Å². The number of unbranched alkanes of at least 4 members (excludes halogenated alkanes) is 1. The molecule has 0 bridgehead atoms. The first-order chi connectivity index (χ1) is 10.2. The van der Waals surface area contributed by atoms with E-state index in [2.05, 4.69) is 17.1 Å². The van der Waals surface area contributed by atoms with Crippen LogP contribution in [0.5, 0.6) is 0 Å². The van der Waals surface area contributed by atoms with Crippen LogP contribution in [0.1, 0.15) is 65.2 Å². The number of ether oxygens (including phenoxy) is 1. The molecule has 0 heterocycles. The van der Waals surface area contributed by atoms with Crippen LogP contribution in [-0.4, -0.2) is 48.7 Å². The van der Waals surface area contributed by atoms with Crippen LogP contribution in [0.4, 0.5) is 0 Å². The van der Waals surface area contributed by atoms with Gasteiger partial charge in [0.2, 0.25) is 0 Å². The number of nitrogens with zero attached hydrogens (tertiary/aromatic N) is 1. The molecule has 2 saturated carbocycles. The first-order valence-corrected chi connectivity index (χ1v) is 8.78. The lowest BCUT2D eigenvalue weighted by molar-refractivity contribution is -0.153. The Labute approximate surface area is 129 Å². The zero-order chi connectivity index (χ0) is 15.3. The Balaban J connectivity index is 2.04. The Hall–Kier alpha value is -0.610. The minimum Gasteiger partial charge on any atom is -0.465 e. The fourth-order valence-corrected chi connectivity index (χ4v) is 3.72. The average molecular weight is 296 g/mol. The summed E-state index contributed by atoms with van der Waals surface area (Å²) in [5.41, 5.74) is -0.460. The van der Waals surface area contributed by atoms with E-state index in [0.717, 1.165) is 25.3 Å². The fraction of sp³-hybridized carbons (Fsp3) is 0.941. The van der Waals surface area contributed by atoms with Crippen LogP contribution in [0, 0.1) is 0 Å². The Morgan fingerprint density at radius 3 is 2.62 bits per heavy atom. The average Bonchev–Trinajstić information content (AvgIpc) is 3.33. The highest BCUT2D eigenvalue weighted by Gasteiger charge is 2.46. The molecule has 2 unspecified atom stereocenters. The summed E-state index contributed by atoms with van der Waals surface area (Å²) in [6.45, 7) is 5.80. The van der Waals surface area contributed by atoms with Gasteiger partial charge in [-0.3, -0.25) is 9.69 Å². The fourth-order valence-electron chi connectivity index (χ4n) is 3.72. The second-order valence-corrected chi connectivity index (χ2v) is 6.63. The maximum atomic E-state index is 12.4. The highest BCUT2D eigenvalue weighted by molar-refractivity contribution is 5.81. The van der Waals surface area contributed by atoms with Crippen molar-refractivity contribution in [2.75, 3.05) is 20.2 Å². The van der Waals surface area contributed by atoms with Gasteiger partial charge in [0.1, 0.15) is 5.54 Å². The topological polar surface area (TPSA) is 41.6 Å². The summed E-state index contributed by atoms with van der Waals surface area (Å²) in [5.74, 6) is -0.0524. The van der Waals surface area contributed by atoms with Crippen molar-refractivity contribution in [3.05, 3.63) is 0 Å². The molecule has 0 aliphatic heterocycles. The van der Waals surface area contributed by atoms with E-state index in [1.807, 2.05) is 14.0 Å². The zero-order valence-corrected chi connectivity index (χ0v) is 14.0. The molecule has 2 rings (SSSR count). The van der Waals surface area contributed by atoms with Gasteiger partial charge in [-0.1, -0.05) is 13.3 Å². The van der Waals surface area contributed by atoms with E-state index in [4.69, 9.17) is 4.74 Å². The van der Waals surface area contributed by atoms with Gasteiger partial charge in [-0.05, 0) is 65.5 Å². The molecule has 4 heteroatoms. The molecule has 21 heavy (non-hydrogen) atoms. The van der Waals surface area contributed by atoms with E-state index in [0.29, 0.717) is 12.6 Å². The molecule has 2 atom stereocenters. The molecular formula is C17H32N2O2. The number of carbonyl (C=O) groups is 1. The molecule has 122 valence electrons. The molecule has 4 nitrogen and oxygen atoms in total. The largest absolute Gasteiger partial charge is 0.465 e. The first-order valence-electron chi connectivity index (χ1n) is 8.78. The maximum absolute atomic E-state index is 12.4. The minimum absolute atomic E-state index is 0.0524. The van der Waals surface area contributed by atoms with Crippen LogP contribution in [-0.2, 0) is 9.53 Å². The van der Waals surface area contributed by atoms with Crippen molar-refractivity contribution < 1.29 is 9.53 Å². The monoisotopic (exact) mass is 296 g/mol. The Morgan fingerprint density at radius 1 is 1.29 bits per heavy atom. The first kappa shape index (κ1) is 16.8. The molecule has 0 aromatic heterocycles. The lowest BCUT2D eigenvalue weighted by Crippen LogP contribution is -2.58. The van der Waals surface area contributed by atoms with Gasteiger partial charge < -0.3 is 10.1 Å². The summed E-state index contributed by atoms with van der Waals surface area (Å²) in [4.78, 5) is 15.1. The Bertz CT molecular complexity index is 344. The van der Waals surface area contributed by atoms with Crippen LogP contribution in [0.25, 0.3) is 0 Å². The molecule has 0 saturated heterocycles. The van der Waals surface area contributed by atoms with Gasteiger partial charge in [-0.2, -0.15) is 0 Å². The highest BCUT2D eigenvalue weighted by Crippen LogP contribution is 2.37. The van der Waals surface area contributed by atoms with Crippen LogP contribution < -0.4 is 5.32 Å². The summed E-state index contributed by atoms with van der Waals surface area (Å²) in [6, 6.07) is 1.31.